The molecule has 0 atom stereocenters. The van der Waals surface area contributed by atoms with Gasteiger partial charge in [0.15, 0.2) is 0 Å². The fourth-order valence-corrected chi connectivity index (χ4v) is 2.00. The SMILES string of the molecule is NCc1ccc(OC2CCOCC2)c(C(F)(F)F)c1. The molecule has 0 bridgehead atoms. The van der Waals surface area contributed by atoms with Crippen LogP contribution in [0, 0.1) is 0 Å². The molecule has 0 spiro atoms. The zero-order valence-corrected chi connectivity index (χ0v) is 10.4. The summed E-state index contributed by atoms with van der Waals surface area (Å²) in [4.78, 5) is 0. The van der Waals surface area contributed by atoms with Gasteiger partial charge in [0.25, 0.3) is 0 Å². The molecular formula is C13H16F3NO2. The van der Waals surface area contributed by atoms with Crippen LogP contribution < -0.4 is 10.5 Å². The molecule has 1 saturated heterocycles. The van der Waals surface area contributed by atoms with E-state index in [9.17, 15) is 13.2 Å². The summed E-state index contributed by atoms with van der Waals surface area (Å²) >= 11 is 0. The Morgan fingerprint density at radius 3 is 2.53 bits per heavy atom. The maximum Gasteiger partial charge on any atom is 0.419 e. The number of benzene rings is 1. The van der Waals surface area contributed by atoms with Gasteiger partial charge in [-0.1, -0.05) is 6.07 Å². The van der Waals surface area contributed by atoms with Crippen molar-refractivity contribution >= 4 is 0 Å². The Bertz CT molecular complexity index is 428. The molecule has 0 aliphatic carbocycles. The van der Waals surface area contributed by atoms with E-state index in [1.807, 2.05) is 0 Å². The van der Waals surface area contributed by atoms with E-state index in [1.54, 1.807) is 6.07 Å². The highest BCUT2D eigenvalue weighted by molar-refractivity contribution is 5.39. The van der Waals surface area contributed by atoms with E-state index in [0.717, 1.165) is 6.07 Å². The second-order valence-corrected chi connectivity index (χ2v) is 4.46. The van der Waals surface area contributed by atoms with Crippen molar-refractivity contribution < 1.29 is 22.6 Å². The molecule has 1 heterocycles. The number of hydrogen-bond donors (Lipinski definition) is 1. The molecular weight excluding hydrogens is 259 g/mol. The zero-order valence-electron chi connectivity index (χ0n) is 10.4. The Morgan fingerprint density at radius 2 is 1.95 bits per heavy atom. The van der Waals surface area contributed by atoms with Crippen molar-refractivity contribution in [2.75, 3.05) is 13.2 Å². The van der Waals surface area contributed by atoms with Gasteiger partial charge in [-0.05, 0) is 17.7 Å². The van der Waals surface area contributed by atoms with Crippen LogP contribution in [0.5, 0.6) is 5.75 Å². The summed E-state index contributed by atoms with van der Waals surface area (Å²) in [6.07, 6.45) is -3.45. The van der Waals surface area contributed by atoms with Gasteiger partial charge >= 0.3 is 6.18 Å². The summed E-state index contributed by atoms with van der Waals surface area (Å²) in [5.41, 5.74) is 5.05. The van der Waals surface area contributed by atoms with Gasteiger partial charge in [0.05, 0.1) is 18.8 Å². The Morgan fingerprint density at radius 1 is 1.26 bits per heavy atom. The van der Waals surface area contributed by atoms with Crippen LogP contribution in [0.15, 0.2) is 18.2 Å². The van der Waals surface area contributed by atoms with Gasteiger partial charge in [0.2, 0.25) is 0 Å². The maximum absolute atomic E-state index is 13.0. The van der Waals surface area contributed by atoms with E-state index in [2.05, 4.69) is 0 Å². The highest BCUT2D eigenvalue weighted by Crippen LogP contribution is 2.37. The van der Waals surface area contributed by atoms with Crippen molar-refractivity contribution in [3.05, 3.63) is 29.3 Å². The summed E-state index contributed by atoms with van der Waals surface area (Å²) in [6, 6.07) is 3.96. The van der Waals surface area contributed by atoms with E-state index in [0.29, 0.717) is 31.6 Å². The van der Waals surface area contributed by atoms with Crippen molar-refractivity contribution in [1.82, 2.24) is 0 Å². The van der Waals surface area contributed by atoms with Crippen molar-refractivity contribution in [3.8, 4) is 5.75 Å². The summed E-state index contributed by atoms with van der Waals surface area (Å²) in [5.74, 6) is -0.128. The Hall–Kier alpha value is -1.27. The van der Waals surface area contributed by atoms with Crippen LogP contribution in [0.4, 0.5) is 13.2 Å². The average Bonchev–Trinajstić information content (AvgIpc) is 2.39. The standard InChI is InChI=1S/C13H16F3NO2/c14-13(15,16)11-7-9(8-17)1-2-12(11)19-10-3-5-18-6-4-10/h1-2,7,10H,3-6,8,17H2. The first-order chi connectivity index (χ1) is 9.00. The smallest absolute Gasteiger partial charge is 0.419 e. The molecule has 0 aromatic heterocycles. The van der Waals surface area contributed by atoms with Crippen LogP contribution in [0.2, 0.25) is 0 Å². The van der Waals surface area contributed by atoms with Gasteiger partial charge in [-0.25, -0.2) is 0 Å². The first kappa shape index (κ1) is 14.1. The summed E-state index contributed by atoms with van der Waals surface area (Å²) in [6.45, 7) is 1.11. The largest absolute Gasteiger partial charge is 0.490 e. The second-order valence-electron chi connectivity index (χ2n) is 4.46. The zero-order chi connectivity index (χ0) is 13.9. The average molecular weight is 275 g/mol. The number of ether oxygens (including phenoxy) is 2. The lowest BCUT2D eigenvalue weighted by Gasteiger charge is -2.25. The predicted molar refractivity (Wildman–Crippen MR) is 63.8 cm³/mol. The monoisotopic (exact) mass is 275 g/mol. The van der Waals surface area contributed by atoms with Gasteiger partial charge in [-0.3, -0.25) is 0 Å². The molecule has 106 valence electrons. The first-order valence-corrected chi connectivity index (χ1v) is 6.15. The molecule has 0 saturated carbocycles. The number of halogens is 3. The van der Waals surface area contributed by atoms with Crippen LogP contribution in [-0.4, -0.2) is 19.3 Å². The normalized spacial score (nSPS) is 17.5. The summed E-state index contributed by atoms with van der Waals surface area (Å²) < 4.78 is 49.5. The summed E-state index contributed by atoms with van der Waals surface area (Å²) in [7, 11) is 0. The number of hydrogen-bond acceptors (Lipinski definition) is 3. The molecule has 3 nitrogen and oxygen atoms in total. The van der Waals surface area contributed by atoms with Crippen molar-refractivity contribution in [2.45, 2.75) is 31.7 Å². The highest BCUT2D eigenvalue weighted by atomic mass is 19.4. The van der Waals surface area contributed by atoms with Crippen molar-refractivity contribution in [2.24, 2.45) is 5.73 Å². The fourth-order valence-electron chi connectivity index (χ4n) is 2.00. The summed E-state index contributed by atoms with van der Waals surface area (Å²) in [5, 5.41) is 0. The third-order valence-electron chi connectivity index (χ3n) is 3.05. The Balaban J connectivity index is 2.23. The molecule has 1 aliphatic heterocycles. The Kier molecular flexibility index (Phi) is 4.31. The topological polar surface area (TPSA) is 44.5 Å². The molecule has 1 aromatic carbocycles. The number of nitrogens with two attached hydrogens (primary N) is 1. The van der Waals surface area contributed by atoms with Crippen molar-refractivity contribution in [1.29, 1.82) is 0 Å². The predicted octanol–water partition coefficient (Wildman–Crippen LogP) is 2.72. The quantitative estimate of drug-likeness (QED) is 0.922. The van der Waals surface area contributed by atoms with Gasteiger partial charge in [-0.2, -0.15) is 13.2 Å². The molecule has 6 heteroatoms. The Labute approximate surface area is 109 Å². The molecule has 2 rings (SSSR count). The van der Waals surface area contributed by atoms with Crippen LogP contribution in [0.1, 0.15) is 24.0 Å². The lowest BCUT2D eigenvalue weighted by atomic mass is 10.1. The number of rotatable bonds is 3. The third-order valence-corrected chi connectivity index (χ3v) is 3.05. The minimum Gasteiger partial charge on any atom is -0.490 e. The van der Waals surface area contributed by atoms with E-state index in [-0.39, 0.29) is 18.4 Å². The lowest BCUT2D eigenvalue weighted by Crippen LogP contribution is -2.27. The van der Waals surface area contributed by atoms with Crippen LogP contribution in [0.3, 0.4) is 0 Å². The number of alkyl halides is 3. The minimum atomic E-state index is -4.44. The highest BCUT2D eigenvalue weighted by Gasteiger charge is 2.35. The fraction of sp³-hybridized carbons (Fsp3) is 0.538. The van der Waals surface area contributed by atoms with E-state index in [4.69, 9.17) is 15.2 Å². The second kappa shape index (κ2) is 5.79. The van der Waals surface area contributed by atoms with E-state index >= 15 is 0 Å². The minimum absolute atomic E-state index is 0.0701. The van der Waals surface area contributed by atoms with Gasteiger partial charge in [-0.15, -0.1) is 0 Å². The van der Waals surface area contributed by atoms with Gasteiger partial charge < -0.3 is 15.2 Å². The maximum atomic E-state index is 13.0. The molecule has 19 heavy (non-hydrogen) atoms. The van der Waals surface area contributed by atoms with Crippen LogP contribution in [0.25, 0.3) is 0 Å². The van der Waals surface area contributed by atoms with Crippen LogP contribution in [-0.2, 0) is 17.5 Å². The molecule has 2 N–H and O–H groups in total. The van der Waals surface area contributed by atoms with E-state index < -0.39 is 11.7 Å². The molecule has 0 radical (unpaired) electrons. The van der Waals surface area contributed by atoms with Crippen molar-refractivity contribution in [3.63, 3.8) is 0 Å². The third kappa shape index (κ3) is 3.61. The molecule has 1 fully saturated rings. The lowest BCUT2D eigenvalue weighted by molar-refractivity contribution is -0.139. The molecule has 1 aliphatic rings. The van der Waals surface area contributed by atoms with Gasteiger partial charge in [0, 0.05) is 19.4 Å². The van der Waals surface area contributed by atoms with Gasteiger partial charge in [0.1, 0.15) is 11.9 Å². The first-order valence-electron chi connectivity index (χ1n) is 6.15. The van der Waals surface area contributed by atoms with Crippen LogP contribution >= 0.6 is 0 Å². The molecule has 0 amide bonds. The van der Waals surface area contributed by atoms with E-state index in [1.165, 1.54) is 6.07 Å². The molecule has 0 unspecified atom stereocenters. The molecule has 1 aromatic rings.